The molecule has 0 atom stereocenters. The zero-order valence-corrected chi connectivity index (χ0v) is 43.6. The number of rotatable bonds is 12. The van der Waals surface area contributed by atoms with Gasteiger partial charge < -0.3 is 9.80 Å². The first kappa shape index (κ1) is 45.6. The van der Waals surface area contributed by atoms with E-state index in [1.807, 2.05) is 34.8 Å². The van der Waals surface area contributed by atoms with Crippen LogP contribution in [0.2, 0.25) is 0 Å². The molecule has 0 fully saturated rings. The van der Waals surface area contributed by atoms with E-state index < -0.39 is 0 Å². The number of nitrogens with zero attached hydrogens (tertiary/aromatic N) is 2. The topological polar surface area (TPSA) is 6.48 Å². The molecule has 0 aliphatic carbocycles. The molecule has 0 radical (unpaired) electrons. The van der Waals surface area contributed by atoms with Gasteiger partial charge >= 0.3 is 0 Å². The predicted octanol–water partition coefficient (Wildman–Crippen LogP) is 21.6. The van der Waals surface area contributed by atoms with Crippen molar-refractivity contribution in [1.29, 1.82) is 0 Å². The third-order valence-electron chi connectivity index (χ3n) is 14.9. The smallest absolute Gasteiger partial charge is 0.0640 e. The number of hydrogen-bond acceptors (Lipinski definition) is 4. The van der Waals surface area contributed by atoms with Gasteiger partial charge in [0, 0.05) is 47.3 Å². The summed E-state index contributed by atoms with van der Waals surface area (Å²) in [6.45, 7) is 13.5. The summed E-state index contributed by atoms with van der Waals surface area (Å²) in [4.78, 5) is 5.16. The number of benzene rings is 11. The van der Waals surface area contributed by atoms with E-state index in [9.17, 15) is 0 Å². The van der Waals surface area contributed by atoms with Gasteiger partial charge in [0.1, 0.15) is 0 Å². The highest BCUT2D eigenvalue weighted by atomic mass is 32.1. The molecule has 74 heavy (non-hydrogen) atoms. The minimum absolute atomic E-state index is 0.231. The minimum atomic E-state index is 0.231. The number of thiophene rings is 2. The van der Waals surface area contributed by atoms with Crippen LogP contribution < -0.4 is 9.80 Å². The van der Waals surface area contributed by atoms with E-state index in [1.54, 1.807) is 0 Å². The molecule has 0 bridgehead atoms. The standard InChI is InChI=1S/C70H54N2S2/c1-6-7-10-32-59(47-25-13-9-14-26-47)71(61-34-21-30-53-49-28-16-19-36-65(49)73-69(53)61)63-42-57(44(2)3)51-39-41-56-64(43-58(45(4)5)52-38-40-55(63)67(51)68(52)56)72(60-33-18-15-27-48(60)46-23-11-8-12-24-46)62-35-22-31-54-50-29-17-20-37-66(50)74-70(54)62/h6-45H,1H2,2-5H3/b10-7-,59-32+. The number of anilines is 5. The van der Waals surface area contributed by atoms with E-state index in [-0.39, 0.29) is 11.8 Å². The van der Waals surface area contributed by atoms with Gasteiger partial charge in [-0.05, 0) is 104 Å². The maximum Gasteiger partial charge on any atom is 0.0640 e. The van der Waals surface area contributed by atoms with E-state index in [0.717, 1.165) is 28.3 Å². The average Bonchev–Trinajstić information content (AvgIpc) is 4.02. The van der Waals surface area contributed by atoms with Crippen molar-refractivity contribution in [3.05, 3.63) is 254 Å². The summed E-state index contributed by atoms with van der Waals surface area (Å²) < 4.78 is 5.10. The molecule has 356 valence electrons. The molecule has 2 heterocycles. The number of para-hydroxylation sites is 1. The summed E-state index contributed by atoms with van der Waals surface area (Å²) in [5.41, 5.74) is 13.0. The molecule has 0 saturated heterocycles. The molecule has 13 rings (SSSR count). The SMILES string of the molecule is C=C/C=C\C=C(/c1ccccc1)N(c1cc(C(C)C)c2ccc3c(N(c4ccccc4-c4ccccc4)c4cccc5c4sc4ccccc45)cc(C(C)C)c4ccc1c2c43)c1cccc2c1sc1ccccc12. The fraction of sp³-hybridized carbons (Fsp3) is 0.0857. The van der Waals surface area contributed by atoms with Crippen molar-refractivity contribution < 1.29 is 0 Å². The van der Waals surface area contributed by atoms with E-state index in [2.05, 4.69) is 262 Å². The van der Waals surface area contributed by atoms with Crippen molar-refractivity contribution >= 4 is 129 Å². The molecule has 0 aliphatic heterocycles. The maximum absolute atomic E-state index is 4.07. The Morgan fingerprint density at radius 2 is 0.905 bits per heavy atom. The number of allylic oxidation sites excluding steroid dienone is 4. The summed E-state index contributed by atoms with van der Waals surface area (Å²) in [7, 11) is 0. The summed E-state index contributed by atoms with van der Waals surface area (Å²) in [5, 5.41) is 12.7. The van der Waals surface area contributed by atoms with Gasteiger partial charge in [-0.25, -0.2) is 0 Å². The highest BCUT2D eigenvalue weighted by molar-refractivity contribution is 7.26. The summed E-state index contributed by atoms with van der Waals surface area (Å²) in [6, 6.07) is 77.0. The van der Waals surface area contributed by atoms with Crippen molar-refractivity contribution in [2.24, 2.45) is 0 Å². The number of hydrogen-bond donors (Lipinski definition) is 0. The fourth-order valence-corrected chi connectivity index (χ4v) is 14.0. The van der Waals surface area contributed by atoms with Crippen LogP contribution in [0.25, 0.3) is 89.5 Å². The van der Waals surface area contributed by atoms with Gasteiger partial charge in [-0.3, -0.25) is 0 Å². The molecular weight excluding hydrogens is 933 g/mol. The lowest BCUT2D eigenvalue weighted by molar-refractivity contribution is 0.875. The Morgan fingerprint density at radius 3 is 1.53 bits per heavy atom. The quantitative estimate of drug-likeness (QED) is 0.0889. The van der Waals surface area contributed by atoms with Crippen LogP contribution in [0, 0.1) is 0 Å². The van der Waals surface area contributed by atoms with Gasteiger partial charge in [0.15, 0.2) is 0 Å². The third-order valence-corrected chi connectivity index (χ3v) is 17.4. The molecule has 0 unspecified atom stereocenters. The molecule has 4 heteroatoms. The summed E-state index contributed by atoms with van der Waals surface area (Å²) in [5.74, 6) is 0.467. The van der Waals surface area contributed by atoms with Crippen LogP contribution in [0.15, 0.2) is 237 Å². The van der Waals surface area contributed by atoms with Crippen LogP contribution in [0.1, 0.15) is 56.2 Å². The Hall–Kier alpha value is -8.28. The normalized spacial score (nSPS) is 12.4. The monoisotopic (exact) mass is 986 g/mol. The highest BCUT2D eigenvalue weighted by Gasteiger charge is 2.29. The molecule has 0 amide bonds. The lowest BCUT2D eigenvalue weighted by atomic mass is 9.84. The van der Waals surface area contributed by atoms with Crippen LogP contribution in [0.4, 0.5) is 28.4 Å². The Morgan fingerprint density at radius 1 is 0.419 bits per heavy atom. The van der Waals surface area contributed by atoms with Gasteiger partial charge in [-0.1, -0.05) is 216 Å². The largest absolute Gasteiger partial charge is 0.308 e. The first-order valence-corrected chi connectivity index (χ1v) is 27.4. The van der Waals surface area contributed by atoms with Gasteiger partial charge in [0.05, 0.1) is 43.5 Å². The summed E-state index contributed by atoms with van der Waals surface area (Å²) in [6.07, 6.45) is 8.28. The second-order valence-electron chi connectivity index (χ2n) is 19.9. The molecule has 11 aromatic carbocycles. The third kappa shape index (κ3) is 7.43. The van der Waals surface area contributed by atoms with Crippen LogP contribution in [0.3, 0.4) is 0 Å². The van der Waals surface area contributed by atoms with Crippen LogP contribution in [-0.2, 0) is 0 Å². The molecule has 0 N–H and O–H groups in total. The van der Waals surface area contributed by atoms with Gasteiger partial charge in [0.2, 0.25) is 0 Å². The zero-order chi connectivity index (χ0) is 50.0. The molecule has 2 aromatic heterocycles. The highest BCUT2D eigenvalue weighted by Crippen LogP contribution is 2.54. The van der Waals surface area contributed by atoms with Crippen molar-refractivity contribution in [3.63, 3.8) is 0 Å². The Kier molecular flexibility index (Phi) is 11.5. The van der Waals surface area contributed by atoms with Crippen molar-refractivity contribution in [1.82, 2.24) is 0 Å². The molecular formula is C70H54N2S2. The Balaban J connectivity index is 1.18. The molecule has 2 nitrogen and oxygen atoms in total. The first-order valence-electron chi connectivity index (χ1n) is 25.8. The first-order chi connectivity index (χ1) is 36.4. The van der Waals surface area contributed by atoms with Crippen LogP contribution >= 0.6 is 22.7 Å². The van der Waals surface area contributed by atoms with E-state index in [1.165, 1.54) is 106 Å². The maximum atomic E-state index is 4.07. The van der Waals surface area contributed by atoms with Gasteiger partial charge in [0.25, 0.3) is 0 Å². The van der Waals surface area contributed by atoms with Gasteiger partial charge in [-0.2, -0.15) is 0 Å². The Bertz CT molecular complexity index is 4340. The van der Waals surface area contributed by atoms with Crippen LogP contribution in [0.5, 0.6) is 0 Å². The molecule has 13 aromatic rings. The predicted molar refractivity (Wildman–Crippen MR) is 327 cm³/mol. The zero-order valence-electron chi connectivity index (χ0n) is 42.0. The molecule has 0 spiro atoms. The van der Waals surface area contributed by atoms with Crippen LogP contribution in [-0.4, -0.2) is 0 Å². The van der Waals surface area contributed by atoms with E-state index in [0.29, 0.717) is 0 Å². The van der Waals surface area contributed by atoms with E-state index >= 15 is 0 Å². The van der Waals surface area contributed by atoms with Crippen molar-refractivity contribution in [3.8, 4) is 11.1 Å². The van der Waals surface area contributed by atoms with E-state index in [4.69, 9.17) is 0 Å². The number of fused-ring (bicyclic) bond motifs is 6. The lowest BCUT2D eigenvalue weighted by Gasteiger charge is -2.33. The average molecular weight is 987 g/mol. The lowest BCUT2D eigenvalue weighted by Crippen LogP contribution is -2.17. The molecule has 0 saturated carbocycles. The second-order valence-corrected chi connectivity index (χ2v) is 22.1. The fourth-order valence-electron chi connectivity index (χ4n) is 11.6. The minimum Gasteiger partial charge on any atom is -0.308 e. The van der Waals surface area contributed by atoms with Crippen molar-refractivity contribution in [2.75, 3.05) is 9.80 Å². The van der Waals surface area contributed by atoms with Gasteiger partial charge in [-0.15, -0.1) is 22.7 Å². The second kappa shape index (κ2) is 18.6. The molecule has 0 aliphatic rings. The van der Waals surface area contributed by atoms with Crippen molar-refractivity contribution in [2.45, 2.75) is 39.5 Å². The Labute approximate surface area is 441 Å². The summed E-state index contributed by atoms with van der Waals surface area (Å²) >= 11 is 3.76.